The summed E-state index contributed by atoms with van der Waals surface area (Å²) in [7, 11) is 0. The molecule has 0 bridgehead atoms. The molecule has 0 aliphatic rings. The molecule has 0 amide bonds. The molecule has 0 unspecified atom stereocenters. The van der Waals surface area contributed by atoms with Crippen molar-refractivity contribution < 1.29 is 28.7 Å². The first kappa shape index (κ1) is 24.3. The number of carbonyl (C=O) groups excluding carboxylic acids is 4. The molecule has 0 heterocycles. The van der Waals surface area contributed by atoms with Crippen LogP contribution in [0.5, 0.6) is 0 Å². The second kappa shape index (κ2) is 11.5. The topological polar surface area (TPSA) is 86.7 Å². The summed E-state index contributed by atoms with van der Waals surface area (Å²) in [4.78, 5) is 50.6. The van der Waals surface area contributed by atoms with E-state index in [1.165, 1.54) is 12.1 Å². The van der Waals surface area contributed by atoms with Gasteiger partial charge in [-0.2, -0.15) is 0 Å². The second-order valence-electron chi connectivity index (χ2n) is 7.86. The van der Waals surface area contributed by atoms with Gasteiger partial charge in [-0.1, -0.05) is 97.1 Å². The van der Waals surface area contributed by atoms with E-state index in [9.17, 15) is 19.2 Å². The van der Waals surface area contributed by atoms with Crippen LogP contribution in [-0.2, 0) is 9.47 Å². The predicted molar refractivity (Wildman–Crippen MR) is 134 cm³/mol. The summed E-state index contributed by atoms with van der Waals surface area (Å²) in [5.74, 6) is -2.44. The van der Waals surface area contributed by atoms with Crippen molar-refractivity contribution in [2.45, 2.75) is 0 Å². The highest BCUT2D eigenvalue weighted by Crippen LogP contribution is 2.24. The van der Waals surface area contributed by atoms with Gasteiger partial charge < -0.3 is 9.47 Å². The maximum absolute atomic E-state index is 13.0. The van der Waals surface area contributed by atoms with E-state index in [-0.39, 0.29) is 22.7 Å². The molecule has 0 N–H and O–H groups in total. The highest BCUT2D eigenvalue weighted by atomic mass is 16.5. The number of esters is 2. The fourth-order valence-electron chi connectivity index (χ4n) is 3.53. The molecule has 4 aromatic rings. The van der Waals surface area contributed by atoms with Crippen molar-refractivity contribution in [2.24, 2.45) is 0 Å². The van der Waals surface area contributed by atoms with Gasteiger partial charge in [0.15, 0.2) is 24.8 Å². The van der Waals surface area contributed by atoms with E-state index < -0.39 is 25.2 Å². The summed E-state index contributed by atoms with van der Waals surface area (Å²) in [6.07, 6.45) is 0. The van der Waals surface area contributed by atoms with Crippen LogP contribution < -0.4 is 0 Å². The second-order valence-corrected chi connectivity index (χ2v) is 7.86. The average molecular weight is 479 g/mol. The van der Waals surface area contributed by atoms with E-state index >= 15 is 0 Å². The first-order valence-corrected chi connectivity index (χ1v) is 11.2. The largest absolute Gasteiger partial charge is 0.454 e. The first-order chi connectivity index (χ1) is 17.5. The summed E-state index contributed by atoms with van der Waals surface area (Å²) in [5.41, 5.74) is 2.19. The Kier molecular flexibility index (Phi) is 7.78. The van der Waals surface area contributed by atoms with E-state index in [1.54, 1.807) is 66.7 Å². The lowest BCUT2D eigenvalue weighted by atomic mass is 9.99. The molecule has 0 atom stereocenters. The van der Waals surface area contributed by atoms with E-state index in [1.807, 2.05) is 30.3 Å². The number of hydrogen-bond acceptors (Lipinski definition) is 6. The number of Topliss-reactive ketones (excluding diaryl/α,β-unsaturated/α-hetero) is 2. The molecule has 6 nitrogen and oxygen atoms in total. The van der Waals surface area contributed by atoms with Crippen LogP contribution in [0.3, 0.4) is 0 Å². The first-order valence-electron chi connectivity index (χ1n) is 11.2. The van der Waals surface area contributed by atoms with Gasteiger partial charge >= 0.3 is 11.9 Å². The van der Waals surface area contributed by atoms with Crippen LogP contribution in [0.2, 0.25) is 0 Å². The highest BCUT2D eigenvalue weighted by Gasteiger charge is 2.22. The van der Waals surface area contributed by atoms with Gasteiger partial charge in [0.1, 0.15) is 0 Å². The van der Waals surface area contributed by atoms with E-state index in [0.717, 1.165) is 5.56 Å². The summed E-state index contributed by atoms with van der Waals surface area (Å²) in [6, 6.07) is 30.8. The lowest BCUT2D eigenvalue weighted by molar-refractivity contribution is 0.0439. The maximum atomic E-state index is 13.0. The van der Waals surface area contributed by atoms with Gasteiger partial charge in [-0.15, -0.1) is 0 Å². The number of ether oxygens (including phenoxy) is 2. The monoisotopic (exact) mass is 478 g/mol. The number of hydrogen-bond donors (Lipinski definition) is 0. The van der Waals surface area contributed by atoms with Crippen LogP contribution in [0.15, 0.2) is 109 Å². The third kappa shape index (κ3) is 5.98. The van der Waals surface area contributed by atoms with Gasteiger partial charge in [0.25, 0.3) is 0 Å². The van der Waals surface area contributed by atoms with Crippen LogP contribution in [0.25, 0.3) is 11.1 Å². The van der Waals surface area contributed by atoms with Crippen LogP contribution in [-0.4, -0.2) is 36.7 Å². The van der Waals surface area contributed by atoms with Gasteiger partial charge in [-0.05, 0) is 23.3 Å². The van der Waals surface area contributed by atoms with Crippen molar-refractivity contribution in [2.75, 3.05) is 13.2 Å². The van der Waals surface area contributed by atoms with Crippen molar-refractivity contribution in [3.63, 3.8) is 0 Å². The molecule has 0 saturated carbocycles. The molecule has 36 heavy (non-hydrogen) atoms. The SMILES string of the molecule is O=C(COC(=O)c1ccc(-c2ccccc2)cc1C(=O)OCC(=O)c1ccccc1)c1ccccc1. The van der Waals surface area contributed by atoms with Crippen LogP contribution in [0.1, 0.15) is 41.4 Å². The molecule has 6 heteroatoms. The van der Waals surface area contributed by atoms with Crippen LogP contribution in [0, 0.1) is 0 Å². The van der Waals surface area contributed by atoms with Gasteiger partial charge in [-0.3, -0.25) is 9.59 Å². The Balaban J connectivity index is 1.55. The molecule has 0 aromatic heterocycles. The third-order valence-corrected chi connectivity index (χ3v) is 5.43. The molecule has 4 rings (SSSR count). The van der Waals surface area contributed by atoms with Crippen LogP contribution in [0.4, 0.5) is 0 Å². The minimum Gasteiger partial charge on any atom is -0.454 e. The summed E-state index contributed by atoms with van der Waals surface area (Å²) in [6.45, 7) is -0.969. The molecule has 0 fully saturated rings. The van der Waals surface area contributed by atoms with Crippen molar-refractivity contribution >= 4 is 23.5 Å². The molecule has 178 valence electrons. The van der Waals surface area contributed by atoms with Crippen molar-refractivity contribution in [3.8, 4) is 11.1 Å². The van der Waals surface area contributed by atoms with Crippen molar-refractivity contribution in [1.82, 2.24) is 0 Å². The number of benzene rings is 4. The van der Waals surface area contributed by atoms with Gasteiger partial charge in [0, 0.05) is 11.1 Å². The minimum atomic E-state index is -0.849. The number of carbonyl (C=O) groups is 4. The molecule has 4 aromatic carbocycles. The maximum Gasteiger partial charge on any atom is 0.339 e. The standard InChI is InChI=1S/C30H22O6/c31-27(22-12-6-2-7-13-22)19-35-29(33)25-17-16-24(21-10-4-1-5-11-21)18-26(25)30(34)36-20-28(32)23-14-8-3-9-15-23/h1-18H,19-20H2. The Bertz CT molecular complexity index is 1380. The Hall–Kier alpha value is -4.84. The Morgan fingerprint density at radius 3 is 1.42 bits per heavy atom. The Morgan fingerprint density at radius 1 is 0.472 bits per heavy atom. The summed E-state index contributed by atoms with van der Waals surface area (Å²) < 4.78 is 10.5. The molecule has 0 aliphatic carbocycles. The molecule has 0 radical (unpaired) electrons. The van der Waals surface area contributed by atoms with E-state index in [0.29, 0.717) is 16.7 Å². The highest BCUT2D eigenvalue weighted by molar-refractivity contribution is 6.06. The third-order valence-electron chi connectivity index (χ3n) is 5.43. The zero-order valence-corrected chi connectivity index (χ0v) is 19.3. The fraction of sp³-hybridized carbons (Fsp3) is 0.0667. The number of rotatable bonds is 9. The Morgan fingerprint density at radius 2 is 0.917 bits per heavy atom. The molecule has 0 spiro atoms. The zero-order chi connectivity index (χ0) is 25.3. The zero-order valence-electron chi connectivity index (χ0n) is 19.3. The molecule has 0 saturated heterocycles. The smallest absolute Gasteiger partial charge is 0.339 e. The van der Waals surface area contributed by atoms with Crippen molar-refractivity contribution in [1.29, 1.82) is 0 Å². The fourth-order valence-corrected chi connectivity index (χ4v) is 3.53. The molecular formula is C30H22O6. The van der Waals surface area contributed by atoms with Gasteiger partial charge in [0.2, 0.25) is 0 Å². The van der Waals surface area contributed by atoms with E-state index in [2.05, 4.69) is 0 Å². The molecule has 0 aliphatic heterocycles. The lowest BCUT2D eigenvalue weighted by Gasteiger charge is -2.12. The normalized spacial score (nSPS) is 10.3. The number of ketones is 2. The van der Waals surface area contributed by atoms with Crippen LogP contribution >= 0.6 is 0 Å². The van der Waals surface area contributed by atoms with Crippen molar-refractivity contribution in [3.05, 3.63) is 131 Å². The quantitative estimate of drug-likeness (QED) is 0.235. The van der Waals surface area contributed by atoms with Gasteiger partial charge in [-0.25, -0.2) is 9.59 Å². The molecular weight excluding hydrogens is 456 g/mol. The minimum absolute atomic E-state index is 0.0608. The average Bonchev–Trinajstić information content (AvgIpc) is 2.95. The summed E-state index contributed by atoms with van der Waals surface area (Å²) >= 11 is 0. The van der Waals surface area contributed by atoms with E-state index in [4.69, 9.17) is 9.47 Å². The lowest BCUT2D eigenvalue weighted by Crippen LogP contribution is -2.19. The Labute approximate surface area is 208 Å². The predicted octanol–water partition coefficient (Wildman–Crippen LogP) is 5.43. The van der Waals surface area contributed by atoms with Gasteiger partial charge in [0.05, 0.1) is 11.1 Å². The summed E-state index contributed by atoms with van der Waals surface area (Å²) in [5, 5.41) is 0.